The van der Waals surface area contributed by atoms with Crippen LogP contribution in [0.15, 0.2) is 6.20 Å². The van der Waals surface area contributed by atoms with Crippen LogP contribution in [0.5, 0.6) is 0 Å². The van der Waals surface area contributed by atoms with Gasteiger partial charge in [-0.05, 0) is 33.6 Å². The number of hydrogen-bond donors (Lipinski definition) is 2. The van der Waals surface area contributed by atoms with Crippen LogP contribution in [-0.2, 0) is 4.74 Å². The number of anilines is 2. The summed E-state index contributed by atoms with van der Waals surface area (Å²) >= 11 is 0. The Balaban J connectivity index is 1.91. The number of nitrogens with zero attached hydrogens (tertiary/aromatic N) is 2. The van der Waals surface area contributed by atoms with Gasteiger partial charge in [0.2, 0.25) is 5.95 Å². The van der Waals surface area contributed by atoms with Gasteiger partial charge in [0.05, 0.1) is 6.10 Å². The van der Waals surface area contributed by atoms with E-state index < -0.39 is 0 Å². The van der Waals surface area contributed by atoms with Gasteiger partial charge in [0.25, 0.3) is 0 Å². The molecule has 1 aliphatic carbocycles. The van der Waals surface area contributed by atoms with Crippen molar-refractivity contribution in [3.63, 3.8) is 0 Å². The largest absolute Gasteiger partial charge is 0.378 e. The van der Waals surface area contributed by atoms with E-state index in [0.29, 0.717) is 18.1 Å². The highest BCUT2D eigenvalue weighted by Crippen LogP contribution is 2.27. The lowest BCUT2D eigenvalue weighted by Crippen LogP contribution is -2.41. The van der Waals surface area contributed by atoms with Gasteiger partial charge in [0.1, 0.15) is 5.82 Å². The monoisotopic (exact) mass is 250 g/mol. The molecule has 1 aliphatic rings. The Morgan fingerprint density at radius 1 is 1.39 bits per heavy atom. The molecule has 2 N–H and O–H groups in total. The van der Waals surface area contributed by atoms with E-state index in [1.165, 1.54) is 0 Å². The zero-order valence-electron chi connectivity index (χ0n) is 11.4. The molecule has 0 unspecified atom stereocenters. The van der Waals surface area contributed by atoms with Crippen LogP contribution in [0.1, 0.15) is 32.3 Å². The van der Waals surface area contributed by atoms with Crippen molar-refractivity contribution >= 4 is 11.8 Å². The van der Waals surface area contributed by atoms with E-state index in [0.717, 1.165) is 37.4 Å². The number of aromatic nitrogens is 2. The van der Waals surface area contributed by atoms with Crippen molar-refractivity contribution in [2.45, 2.75) is 45.8 Å². The van der Waals surface area contributed by atoms with E-state index in [4.69, 9.17) is 4.74 Å². The summed E-state index contributed by atoms with van der Waals surface area (Å²) in [7, 11) is 0. The van der Waals surface area contributed by atoms with E-state index in [9.17, 15) is 0 Å². The summed E-state index contributed by atoms with van der Waals surface area (Å²) in [6.07, 6.45) is 4.40. The fourth-order valence-corrected chi connectivity index (χ4v) is 2.08. The lowest BCUT2D eigenvalue weighted by molar-refractivity contribution is 0.00291. The smallest absolute Gasteiger partial charge is 0.224 e. The van der Waals surface area contributed by atoms with Crippen molar-refractivity contribution in [1.82, 2.24) is 9.97 Å². The molecule has 0 aromatic carbocycles. The Bertz CT molecular complexity index is 391. The average molecular weight is 250 g/mol. The van der Waals surface area contributed by atoms with Crippen molar-refractivity contribution in [2.75, 3.05) is 23.8 Å². The first-order chi connectivity index (χ1) is 8.72. The number of aryl methyl sites for hydroxylation is 1. The third-order valence-corrected chi connectivity index (χ3v) is 3.14. The molecule has 1 fully saturated rings. The third-order valence-electron chi connectivity index (χ3n) is 3.14. The second-order valence-electron chi connectivity index (χ2n) is 4.65. The first-order valence-corrected chi connectivity index (χ1v) is 6.68. The van der Waals surface area contributed by atoms with Gasteiger partial charge in [-0.2, -0.15) is 4.98 Å². The molecule has 0 aliphatic heterocycles. The molecule has 0 amide bonds. The fourth-order valence-electron chi connectivity index (χ4n) is 2.08. The van der Waals surface area contributed by atoms with E-state index in [1.807, 2.05) is 27.0 Å². The lowest BCUT2D eigenvalue weighted by atomic mass is 9.89. The molecule has 18 heavy (non-hydrogen) atoms. The minimum atomic E-state index is 0.419. The van der Waals surface area contributed by atoms with Crippen molar-refractivity contribution in [3.05, 3.63) is 11.8 Å². The zero-order valence-corrected chi connectivity index (χ0v) is 11.4. The summed E-state index contributed by atoms with van der Waals surface area (Å²) in [5.74, 6) is 1.62. The van der Waals surface area contributed by atoms with Gasteiger partial charge in [-0.1, -0.05) is 0 Å². The highest BCUT2D eigenvalue weighted by Gasteiger charge is 2.29. The average Bonchev–Trinajstić information content (AvgIpc) is 2.31. The first-order valence-electron chi connectivity index (χ1n) is 6.68. The van der Waals surface area contributed by atoms with Crippen LogP contribution >= 0.6 is 0 Å². The number of hydrogen-bond acceptors (Lipinski definition) is 5. The summed E-state index contributed by atoms with van der Waals surface area (Å²) in [5.41, 5.74) is 1.08. The molecule has 1 aromatic heterocycles. The Hall–Kier alpha value is -1.36. The number of rotatable bonds is 6. The van der Waals surface area contributed by atoms with Gasteiger partial charge in [0, 0.05) is 31.0 Å². The van der Waals surface area contributed by atoms with Gasteiger partial charge in [0.15, 0.2) is 0 Å². The zero-order chi connectivity index (χ0) is 13.0. The topological polar surface area (TPSA) is 59.1 Å². The standard InChI is InChI=1S/C13H22N4O/c1-4-14-13-15-8-9(3)12(17-13)16-10-6-11(7-10)18-5-2/h8,10-11H,4-7H2,1-3H3,(H2,14,15,16,17). The lowest BCUT2D eigenvalue weighted by Gasteiger charge is -2.36. The van der Waals surface area contributed by atoms with Crippen molar-refractivity contribution in [2.24, 2.45) is 0 Å². The minimum absolute atomic E-state index is 0.419. The summed E-state index contributed by atoms with van der Waals surface area (Å²) in [5, 5.41) is 6.59. The van der Waals surface area contributed by atoms with Crippen molar-refractivity contribution < 1.29 is 4.74 Å². The number of nitrogens with one attached hydrogen (secondary N) is 2. The van der Waals surface area contributed by atoms with Gasteiger partial charge < -0.3 is 15.4 Å². The van der Waals surface area contributed by atoms with E-state index in [-0.39, 0.29) is 0 Å². The fraction of sp³-hybridized carbons (Fsp3) is 0.692. The second kappa shape index (κ2) is 6.00. The molecule has 0 bridgehead atoms. The maximum absolute atomic E-state index is 5.55. The quantitative estimate of drug-likeness (QED) is 0.810. The van der Waals surface area contributed by atoms with E-state index >= 15 is 0 Å². The molecule has 5 heteroatoms. The molecule has 0 atom stereocenters. The predicted molar refractivity (Wildman–Crippen MR) is 73.0 cm³/mol. The highest BCUT2D eigenvalue weighted by atomic mass is 16.5. The first kappa shape index (κ1) is 13.1. The number of ether oxygens (including phenoxy) is 1. The van der Waals surface area contributed by atoms with Crippen LogP contribution in [0.2, 0.25) is 0 Å². The maximum atomic E-state index is 5.55. The van der Waals surface area contributed by atoms with Crippen LogP contribution in [-0.4, -0.2) is 35.3 Å². The van der Waals surface area contributed by atoms with Gasteiger partial charge in [-0.3, -0.25) is 0 Å². The Morgan fingerprint density at radius 2 is 2.17 bits per heavy atom. The molecule has 1 saturated carbocycles. The predicted octanol–water partition coefficient (Wildman–Crippen LogP) is 2.20. The Kier molecular flexibility index (Phi) is 4.36. The maximum Gasteiger partial charge on any atom is 0.224 e. The van der Waals surface area contributed by atoms with Crippen molar-refractivity contribution in [3.8, 4) is 0 Å². The Labute approximate surface area is 108 Å². The van der Waals surface area contributed by atoms with Crippen LogP contribution in [0.3, 0.4) is 0 Å². The molecule has 2 rings (SSSR count). The molecule has 1 aromatic rings. The Morgan fingerprint density at radius 3 is 2.83 bits per heavy atom. The summed E-state index contributed by atoms with van der Waals surface area (Å²) in [4.78, 5) is 8.72. The molecule has 100 valence electrons. The van der Waals surface area contributed by atoms with Crippen LogP contribution < -0.4 is 10.6 Å². The molecule has 1 heterocycles. The highest BCUT2D eigenvalue weighted by molar-refractivity contribution is 5.47. The molecule has 0 radical (unpaired) electrons. The summed E-state index contributed by atoms with van der Waals surface area (Å²) < 4.78 is 5.55. The van der Waals surface area contributed by atoms with Gasteiger partial charge in [-0.25, -0.2) is 4.98 Å². The minimum Gasteiger partial charge on any atom is -0.378 e. The van der Waals surface area contributed by atoms with E-state index in [2.05, 4.69) is 20.6 Å². The van der Waals surface area contributed by atoms with Crippen LogP contribution in [0.4, 0.5) is 11.8 Å². The van der Waals surface area contributed by atoms with Gasteiger partial charge >= 0.3 is 0 Å². The summed E-state index contributed by atoms with van der Waals surface area (Å²) in [6, 6.07) is 0.477. The second-order valence-corrected chi connectivity index (χ2v) is 4.65. The molecule has 0 spiro atoms. The molecule has 5 nitrogen and oxygen atoms in total. The third kappa shape index (κ3) is 3.10. The summed E-state index contributed by atoms with van der Waals surface area (Å²) in [6.45, 7) is 7.73. The normalized spacial score (nSPS) is 22.4. The SMILES string of the molecule is CCNc1ncc(C)c(NC2CC(OCC)C2)n1. The van der Waals surface area contributed by atoms with E-state index in [1.54, 1.807) is 0 Å². The molecular weight excluding hydrogens is 228 g/mol. The van der Waals surface area contributed by atoms with Crippen LogP contribution in [0.25, 0.3) is 0 Å². The van der Waals surface area contributed by atoms with Crippen LogP contribution in [0, 0.1) is 6.92 Å². The van der Waals surface area contributed by atoms with Gasteiger partial charge in [-0.15, -0.1) is 0 Å². The molecule has 0 saturated heterocycles. The molecular formula is C13H22N4O. The van der Waals surface area contributed by atoms with Crippen molar-refractivity contribution in [1.29, 1.82) is 0 Å².